The van der Waals surface area contributed by atoms with Crippen LogP contribution < -0.4 is 19.9 Å². The van der Waals surface area contributed by atoms with E-state index in [0.29, 0.717) is 12.1 Å². The highest BCUT2D eigenvalue weighted by Gasteiger charge is 2.27. The number of nitrogens with one attached hydrogen (secondary N) is 2. The predicted octanol–water partition coefficient (Wildman–Crippen LogP) is 1.93. The lowest BCUT2D eigenvalue weighted by molar-refractivity contribution is -0.937. The highest BCUT2D eigenvalue weighted by Crippen LogP contribution is 2.17. The number of hydrogen-bond donors (Lipinski definition) is 2. The van der Waals surface area contributed by atoms with Crippen LogP contribution in [0.4, 0.5) is 5.69 Å². The fourth-order valence-corrected chi connectivity index (χ4v) is 3.74. The van der Waals surface area contributed by atoms with Crippen molar-refractivity contribution >= 4 is 11.6 Å². The van der Waals surface area contributed by atoms with Crippen molar-refractivity contribution in [1.82, 2.24) is 5.32 Å². The van der Waals surface area contributed by atoms with Gasteiger partial charge in [0.1, 0.15) is 24.9 Å². The van der Waals surface area contributed by atoms with Crippen LogP contribution >= 0.6 is 0 Å². The summed E-state index contributed by atoms with van der Waals surface area (Å²) < 4.78 is 11.2. The minimum absolute atomic E-state index is 0.0614. The second kappa shape index (κ2) is 10.5. The summed E-state index contributed by atoms with van der Waals surface area (Å²) in [5.74, 6) is 0.715. The topological polar surface area (TPSA) is 55.2 Å². The van der Waals surface area contributed by atoms with Crippen molar-refractivity contribution in [2.24, 2.45) is 0 Å². The summed E-state index contributed by atoms with van der Waals surface area (Å²) in [6.07, 6.45) is 0.112. The van der Waals surface area contributed by atoms with E-state index in [1.165, 1.54) is 16.2 Å². The van der Waals surface area contributed by atoms with Gasteiger partial charge in [-0.2, -0.15) is 0 Å². The number of hydrogen-bond acceptors (Lipinski definition) is 4. The van der Waals surface area contributed by atoms with Crippen molar-refractivity contribution < 1.29 is 19.2 Å². The van der Waals surface area contributed by atoms with Crippen LogP contribution in [0.15, 0.2) is 48.5 Å². The van der Waals surface area contributed by atoms with Crippen molar-refractivity contribution in [2.45, 2.75) is 26.0 Å². The Labute approximate surface area is 179 Å². The first-order chi connectivity index (χ1) is 14.4. The molecule has 0 bridgehead atoms. The van der Waals surface area contributed by atoms with E-state index in [4.69, 9.17) is 9.47 Å². The zero-order valence-electron chi connectivity index (χ0n) is 18.5. The predicted molar refractivity (Wildman–Crippen MR) is 120 cm³/mol. The Morgan fingerprint density at radius 1 is 1.07 bits per heavy atom. The van der Waals surface area contributed by atoms with Crippen molar-refractivity contribution in [2.75, 3.05) is 51.8 Å². The zero-order chi connectivity index (χ0) is 21.5. The summed E-state index contributed by atoms with van der Waals surface area (Å²) in [5, 5.41) is 3.14. The Morgan fingerprint density at radius 3 is 2.27 bits per heavy atom. The van der Waals surface area contributed by atoms with E-state index in [-0.39, 0.29) is 18.1 Å². The highest BCUT2D eigenvalue weighted by molar-refractivity contribution is 5.94. The van der Waals surface area contributed by atoms with Crippen LogP contribution in [0.25, 0.3) is 0 Å². The Bertz CT molecular complexity index is 797. The molecular weight excluding hydrogens is 378 g/mol. The first-order valence-electron chi connectivity index (χ1n) is 10.7. The standard InChI is InChI=1S/C24H33N3O3/c1-18(2)30-22-11-7-20(8-12-22)24(28)25-17-23(27-13-15-29-16-14-27)19-5-9-21(10-6-19)26(3)4/h5-12,18,23H,13-17H2,1-4H3,(H,25,28)/p+1/t23-/m1/s1. The largest absolute Gasteiger partial charge is 0.491 e. The monoisotopic (exact) mass is 412 g/mol. The van der Waals surface area contributed by atoms with Crippen LogP contribution in [0.1, 0.15) is 35.8 Å². The van der Waals surface area contributed by atoms with Gasteiger partial charge in [0.25, 0.3) is 5.91 Å². The highest BCUT2D eigenvalue weighted by atomic mass is 16.5. The molecule has 1 aliphatic heterocycles. The van der Waals surface area contributed by atoms with Crippen LogP contribution in [0, 0.1) is 0 Å². The number of benzene rings is 2. The van der Waals surface area contributed by atoms with Crippen molar-refractivity contribution in [1.29, 1.82) is 0 Å². The van der Waals surface area contributed by atoms with Gasteiger partial charge in [0.15, 0.2) is 0 Å². The molecule has 1 fully saturated rings. The Morgan fingerprint density at radius 2 is 1.70 bits per heavy atom. The molecule has 0 aliphatic carbocycles. The molecule has 2 aromatic carbocycles. The van der Waals surface area contributed by atoms with Gasteiger partial charge in [-0.3, -0.25) is 4.79 Å². The quantitative estimate of drug-likeness (QED) is 0.696. The fourth-order valence-electron chi connectivity index (χ4n) is 3.74. The summed E-state index contributed by atoms with van der Waals surface area (Å²) in [6, 6.07) is 16.1. The molecule has 1 saturated heterocycles. The summed E-state index contributed by atoms with van der Waals surface area (Å²) >= 11 is 0. The number of quaternary nitrogens is 1. The zero-order valence-corrected chi connectivity index (χ0v) is 18.5. The van der Waals surface area contributed by atoms with E-state index < -0.39 is 0 Å². The van der Waals surface area contributed by atoms with Gasteiger partial charge in [0.2, 0.25) is 0 Å². The fraction of sp³-hybridized carbons (Fsp3) is 0.458. The molecular formula is C24H34N3O3+. The van der Waals surface area contributed by atoms with Gasteiger partial charge < -0.3 is 24.6 Å². The smallest absolute Gasteiger partial charge is 0.251 e. The third-order valence-electron chi connectivity index (χ3n) is 5.39. The molecule has 2 N–H and O–H groups in total. The molecule has 2 aromatic rings. The van der Waals surface area contributed by atoms with Crippen molar-refractivity contribution in [3.8, 4) is 5.75 Å². The van der Waals surface area contributed by atoms with Gasteiger partial charge in [-0.1, -0.05) is 12.1 Å². The number of carbonyl (C=O) groups excluding carboxylic acids is 1. The maximum absolute atomic E-state index is 12.7. The lowest BCUT2D eigenvalue weighted by Gasteiger charge is -2.32. The SMILES string of the molecule is CC(C)Oc1ccc(C(=O)NC[C@H](c2ccc(N(C)C)cc2)[NH+]2CCOCC2)cc1. The molecule has 162 valence electrons. The number of anilines is 1. The minimum Gasteiger partial charge on any atom is -0.491 e. The molecule has 1 heterocycles. The lowest BCUT2D eigenvalue weighted by Crippen LogP contribution is -3.15. The molecule has 0 saturated carbocycles. The summed E-state index contributed by atoms with van der Waals surface area (Å²) in [5.41, 5.74) is 3.05. The number of carbonyl (C=O) groups is 1. The van der Waals surface area contributed by atoms with Gasteiger partial charge in [-0.15, -0.1) is 0 Å². The number of amides is 1. The van der Waals surface area contributed by atoms with Crippen molar-refractivity contribution in [3.05, 3.63) is 59.7 Å². The number of nitrogens with zero attached hydrogens (tertiary/aromatic N) is 1. The van der Waals surface area contributed by atoms with Gasteiger partial charge in [-0.05, 0) is 50.2 Å². The summed E-state index contributed by atoms with van der Waals surface area (Å²) in [6.45, 7) is 7.95. The van der Waals surface area contributed by atoms with E-state index >= 15 is 0 Å². The molecule has 1 aliphatic rings. The van der Waals surface area contributed by atoms with Gasteiger partial charge in [-0.25, -0.2) is 0 Å². The molecule has 0 spiro atoms. The summed E-state index contributed by atoms with van der Waals surface area (Å²) in [4.78, 5) is 16.3. The third kappa shape index (κ3) is 5.97. The van der Waals surface area contributed by atoms with Crippen LogP contribution in [0.3, 0.4) is 0 Å². The summed E-state index contributed by atoms with van der Waals surface area (Å²) in [7, 11) is 4.08. The third-order valence-corrected chi connectivity index (χ3v) is 5.39. The molecule has 3 rings (SSSR count). The molecule has 1 atom stereocenters. The maximum atomic E-state index is 12.7. The van der Waals surface area contributed by atoms with Crippen LogP contribution in [-0.2, 0) is 4.74 Å². The molecule has 0 aromatic heterocycles. The number of ether oxygens (including phenoxy) is 2. The number of morpholine rings is 1. The molecule has 0 unspecified atom stereocenters. The normalized spacial score (nSPS) is 15.6. The van der Waals surface area contributed by atoms with Crippen LogP contribution in [-0.4, -0.2) is 59.0 Å². The molecule has 0 radical (unpaired) electrons. The maximum Gasteiger partial charge on any atom is 0.251 e. The molecule has 6 nitrogen and oxygen atoms in total. The number of rotatable bonds is 8. The molecule has 30 heavy (non-hydrogen) atoms. The van der Waals surface area contributed by atoms with Crippen LogP contribution in [0.5, 0.6) is 5.75 Å². The average molecular weight is 413 g/mol. The Hall–Kier alpha value is -2.57. The average Bonchev–Trinajstić information content (AvgIpc) is 2.75. The first-order valence-corrected chi connectivity index (χ1v) is 10.7. The van der Waals surface area contributed by atoms with Gasteiger partial charge in [0, 0.05) is 30.9 Å². The van der Waals surface area contributed by atoms with Crippen molar-refractivity contribution in [3.63, 3.8) is 0 Å². The van der Waals surface area contributed by atoms with Crippen LogP contribution in [0.2, 0.25) is 0 Å². The van der Waals surface area contributed by atoms with Gasteiger partial charge >= 0.3 is 0 Å². The molecule has 6 heteroatoms. The first kappa shape index (κ1) is 22.1. The van der Waals surface area contributed by atoms with E-state index in [1.807, 2.05) is 52.2 Å². The molecule has 1 amide bonds. The van der Waals surface area contributed by atoms with E-state index in [1.54, 1.807) is 0 Å². The Kier molecular flexibility index (Phi) is 7.71. The van der Waals surface area contributed by atoms with E-state index in [2.05, 4.69) is 34.5 Å². The second-order valence-electron chi connectivity index (χ2n) is 8.21. The van der Waals surface area contributed by atoms with E-state index in [9.17, 15) is 4.79 Å². The van der Waals surface area contributed by atoms with Gasteiger partial charge in [0.05, 0.1) is 25.9 Å². The minimum atomic E-state index is -0.0614. The Balaban J connectivity index is 1.69. The van der Waals surface area contributed by atoms with E-state index in [0.717, 1.165) is 32.1 Å². The lowest BCUT2D eigenvalue weighted by atomic mass is 10.0. The second-order valence-corrected chi connectivity index (χ2v) is 8.21.